The third kappa shape index (κ3) is 4.28. The topological polar surface area (TPSA) is 73.8 Å². The van der Waals surface area contributed by atoms with Crippen molar-refractivity contribution in [2.45, 2.75) is 6.17 Å². The SMILES string of the molecule is CN1C(=O)[C@H](NC(=O)Nc2cc(F)cc(F)c2)N=C(c2ccccc2)c2ccccc21. The predicted octanol–water partition coefficient (Wildman–Crippen LogP) is 3.93. The van der Waals surface area contributed by atoms with E-state index >= 15 is 0 Å². The van der Waals surface area contributed by atoms with Crippen LogP contribution in [-0.4, -0.2) is 30.9 Å². The third-order valence-corrected chi connectivity index (χ3v) is 4.78. The van der Waals surface area contributed by atoms with Crippen LogP contribution in [0.25, 0.3) is 0 Å². The van der Waals surface area contributed by atoms with E-state index in [0.717, 1.165) is 23.3 Å². The summed E-state index contributed by atoms with van der Waals surface area (Å²) in [5.74, 6) is -2.13. The Labute approximate surface area is 177 Å². The number of rotatable bonds is 3. The van der Waals surface area contributed by atoms with Crippen molar-refractivity contribution in [3.63, 3.8) is 0 Å². The Morgan fingerprint density at radius 1 is 0.968 bits per heavy atom. The van der Waals surface area contributed by atoms with Gasteiger partial charge in [0.2, 0.25) is 6.17 Å². The summed E-state index contributed by atoms with van der Waals surface area (Å²) in [6.45, 7) is 0. The number of benzodiazepines with no additional fused rings is 1. The molecule has 0 unspecified atom stereocenters. The number of aliphatic imine (C=N–C) groups is 1. The molecule has 1 atom stereocenters. The molecule has 31 heavy (non-hydrogen) atoms. The number of halogens is 2. The monoisotopic (exact) mass is 420 g/mol. The van der Waals surface area contributed by atoms with Crippen LogP contribution in [0.3, 0.4) is 0 Å². The maximum atomic E-state index is 13.4. The molecule has 2 N–H and O–H groups in total. The van der Waals surface area contributed by atoms with Crippen molar-refractivity contribution in [1.82, 2.24) is 5.32 Å². The number of benzene rings is 3. The van der Waals surface area contributed by atoms with E-state index < -0.39 is 29.7 Å². The molecule has 1 aliphatic rings. The van der Waals surface area contributed by atoms with Crippen LogP contribution >= 0.6 is 0 Å². The first-order valence-corrected chi connectivity index (χ1v) is 9.46. The van der Waals surface area contributed by atoms with Crippen LogP contribution in [0.2, 0.25) is 0 Å². The fraction of sp³-hybridized carbons (Fsp3) is 0.0870. The van der Waals surface area contributed by atoms with Gasteiger partial charge in [-0.3, -0.25) is 4.79 Å². The molecule has 1 aliphatic heterocycles. The van der Waals surface area contributed by atoms with Gasteiger partial charge in [-0.05, 0) is 18.2 Å². The number of likely N-dealkylation sites (N-methyl/N-ethyl adjacent to an activating group) is 1. The van der Waals surface area contributed by atoms with Gasteiger partial charge in [0, 0.05) is 29.9 Å². The Morgan fingerprint density at radius 2 is 1.61 bits per heavy atom. The van der Waals surface area contributed by atoms with Crippen LogP contribution in [0.5, 0.6) is 0 Å². The Kier molecular flexibility index (Phi) is 5.44. The molecule has 156 valence electrons. The summed E-state index contributed by atoms with van der Waals surface area (Å²) >= 11 is 0. The van der Waals surface area contributed by atoms with E-state index in [-0.39, 0.29) is 5.69 Å². The minimum atomic E-state index is -1.24. The van der Waals surface area contributed by atoms with Gasteiger partial charge < -0.3 is 15.5 Å². The van der Waals surface area contributed by atoms with Gasteiger partial charge in [-0.25, -0.2) is 18.6 Å². The van der Waals surface area contributed by atoms with Crippen LogP contribution in [0.1, 0.15) is 11.1 Å². The average molecular weight is 420 g/mol. The lowest BCUT2D eigenvalue weighted by Crippen LogP contribution is -2.47. The summed E-state index contributed by atoms with van der Waals surface area (Å²) in [5, 5.41) is 4.82. The largest absolute Gasteiger partial charge is 0.321 e. The molecule has 0 aromatic heterocycles. The maximum Gasteiger partial charge on any atom is 0.321 e. The highest BCUT2D eigenvalue weighted by molar-refractivity contribution is 6.20. The predicted molar refractivity (Wildman–Crippen MR) is 114 cm³/mol. The number of nitrogens with one attached hydrogen (secondary N) is 2. The molecule has 0 saturated carbocycles. The molecule has 0 saturated heterocycles. The molecule has 3 amide bonds. The highest BCUT2D eigenvalue weighted by Crippen LogP contribution is 2.27. The zero-order valence-corrected chi connectivity index (χ0v) is 16.5. The van der Waals surface area contributed by atoms with E-state index in [1.807, 2.05) is 48.5 Å². The second-order valence-corrected chi connectivity index (χ2v) is 6.92. The Balaban J connectivity index is 1.68. The molecule has 3 aromatic rings. The van der Waals surface area contributed by atoms with Gasteiger partial charge in [0.15, 0.2) is 0 Å². The van der Waals surface area contributed by atoms with E-state index in [4.69, 9.17) is 0 Å². The van der Waals surface area contributed by atoms with Crippen LogP contribution in [0.15, 0.2) is 77.8 Å². The van der Waals surface area contributed by atoms with Crippen LogP contribution in [0, 0.1) is 11.6 Å². The molecule has 8 heteroatoms. The molecule has 1 heterocycles. The molecule has 6 nitrogen and oxygen atoms in total. The van der Waals surface area contributed by atoms with E-state index in [1.165, 1.54) is 4.90 Å². The van der Waals surface area contributed by atoms with Gasteiger partial charge in [0.05, 0.1) is 11.4 Å². The van der Waals surface area contributed by atoms with Crippen molar-refractivity contribution in [1.29, 1.82) is 0 Å². The van der Waals surface area contributed by atoms with Crippen molar-refractivity contribution in [2.24, 2.45) is 4.99 Å². The number of amides is 3. The second kappa shape index (κ2) is 8.35. The summed E-state index contributed by atoms with van der Waals surface area (Å²) in [5.41, 5.74) is 2.61. The number of hydrogen-bond acceptors (Lipinski definition) is 3. The molecule has 0 fully saturated rings. The lowest BCUT2D eigenvalue weighted by Gasteiger charge is -2.21. The van der Waals surface area contributed by atoms with Crippen molar-refractivity contribution >= 4 is 29.0 Å². The van der Waals surface area contributed by atoms with Crippen molar-refractivity contribution in [3.8, 4) is 0 Å². The molecule has 0 bridgehead atoms. The first-order chi connectivity index (χ1) is 14.9. The summed E-state index contributed by atoms with van der Waals surface area (Å²) in [6.07, 6.45) is -1.24. The van der Waals surface area contributed by atoms with Crippen LogP contribution < -0.4 is 15.5 Å². The van der Waals surface area contributed by atoms with Gasteiger partial charge >= 0.3 is 6.03 Å². The number of carbonyl (C=O) groups is 2. The van der Waals surface area contributed by atoms with Gasteiger partial charge in [0.25, 0.3) is 5.91 Å². The second-order valence-electron chi connectivity index (χ2n) is 6.92. The maximum absolute atomic E-state index is 13.4. The molecular weight excluding hydrogens is 402 g/mol. The highest BCUT2D eigenvalue weighted by atomic mass is 19.1. The Morgan fingerprint density at radius 3 is 2.32 bits per heavy atom. The molecule has 4 rings (SSSR count). The molecular formula is C23H18F2N4O2. The summed E-state index contributed by atoms with van der Waals surface area (Å²) in [4.78, 5) is 31.5. The lowest BCUT2D eigenvalue weighted by atomic mass is 10.0. The normalized spacial score (nSPS) is 15.6. The number of carbonyl (C=O) groups excluding carboxylic acids is 2. The van der Waals surface area contributed by atoms with Crippen molar-refractivity contribution < 1.29 is 18.4 Å². The molecule has 0 spiro atoms. The van der Waals surface area contributed by atoms with Crippen molar-refractivity contribution in [3.05, 3.63) is 95.6 Å². The minimum absolute atomic E-state index is 0.0834. The molecule has 0 aliphatic carbocycles. The third-order valence-electron chi connectivity index (χ3n) is 4.78. The highest BCUT2D eigenvalue weighted by Gasteiger charge is 2.30. The standard InChI is InChI=1S/C23H18F2N4O2/c1-29-19-10-6-5-9-18(19)20(14-7-3-2-4-8-14)27-21(22(29)30)28-23(31)26-17-12-15(24)11-16(25)13-17/h2-13,21H,1H3,(H2,26,28,31)/t21-/m0/s1. The fourth-order valence-corrected chi connectivity index (χ4v) is 3.36. The molecule has 0 radical (unpaired) electrons. The van der Waals surface area contributed by atoms with Gasteiger partial charge in [-0.2, -0.15) is 0 Å². The van der Waals surface area contributed by atoms with Gasteiger partial charge in [-0.1, -0.05) is 48.5 Å². The number of anilines is 2. The van der Waals surface area contributed by atoms with Crippen LogP contribution in [0.4, 0.5) is 25.0 Å². The number of fused-ring (bicyclic) bond motifs is 1. The van der Waals surface area contributed by atoms with Gasteiger partial charge in [0.1, 0.15) is 11.6 Å². The quantitative estimate of drug-likeness (QED) is 0.674. The van der Waals surface area contributed by atoms with Gasteiger partial charge in [-0.15, -0.1) is 0 Å². The van der Waals surface area contributed by atoms with Crippen molar-refractivity contribution in [2.75, 3.05) is 17.3 Å². The summed E-state index contributed by atoms with van der Waals surface area (Å²) < 4.78 is 26.8. The summed E-state index contributed by atoms with van der Waals surface area (Å²) in [6, 6.07) is 18.4. The molecule has 3 aromatic carbocycles. The van der Waals surface area contributed by atoms with E-state index in [0.29, 0.717) is 17.5 Å². The number of hydrogen-bond donors (Lipinski definition) is 2. The zero-order chi connectivity index (χ0) is 22.0. The van der Waals surface area contributed by atoms with Crippen LogP contribution in [-0.2, 0) is 4.79 Å². The van der Waals surface area contributed by atoms with E-state index in [1.54, 1.807) is 13.1 Å². The Bertz CT molecular complexity index is 1160. The Hall–Kier alpha value is -4.07. The smallest absolute Gasteiger partial charge is 0.311 e. The first-order valence-electron chi connectivity index (χ1n) is 9.46. The van der Waals surface area contributed by atoms with E-state index in [9.17, 15) is 18.4 Å². The zero-order valence-electron chi connectivity index (χ0n) is 16.5. The number of nitrogens with zero attached hydrogens (tertiary/aromatic N) is 2. The van der Waals surface area contributed by atoms with E-state index in [2.05, 4.69) is 15.6 Å². The number of urea groups is 1. The lowest BCUT2D eigenvalue weighted by molar-refractivity contribution is -0.119. The first kappa shape index (κ1) is 20.2. The minimum Gasteiger partial charge on any atom is -0.311 e. The number of para-hydroxylation sites is 1. The average Bonchev–Trinajstić information content (AvgIpc) is 2.84. The fourth-order valence-electron chi connectivity index (χ4n) is 3.36. The summed E-state index contributed by atoms with van der Waals surface area (Å²) in [7, 11) is 1.60.